The molecule has 0 unspecified atom stereocenters. The molecule has 0 saturated heterocycles. The number of primary amides is 1. The van der Waals surface area contributed by atoms with Crippen LogP contribution in [-0.2, 0) is 0 Å². The van der Waals surface area contributed by atoms with E-state index in [-0.39, 0.29) is 11.0 Å². The van der Waals surface area contributed by atoms with Gasteiger partial charge in [-0.1, -0.05) is 11.6 Å². The number of halogens is 1. The Morgan fingerprint density at radius 3 is 2.75 bits per heavy atom. The molecule has 0 aliphatic heterocycles. The lowest BCUT2D eigenvalue weighted by Crippen LogP contribution is -2.38. The first-order valence-corrected chi connectivity index (χ1v) is 4.52. The number of guanidine groups is 1. The second kappa shape index (κ2) is 5.00. The minimum absolute atomic E-state index is 0.273. The summed E-state index contributed by atoms with van der Waals surface area (Å²) >= 11 is 5.83. The molecule has 2 amide bonds. The van der Waals surface area contributed by atoms with Crippen molar-refractivity contribution >= 4 is 29.3 Å². The second-order valence-corrected chi connectivity index (χ2v) is 3.20. The van der Waals surface area contributed by atoms with Crippen LogP contribution in [-0.4, -0.2) is 12.0 Å². The number of benzene rings is 1. The Morgan fingerprint density at radius 1 is 1.56 bits per heavy atom. The molecule has 0 saturated carbocycles. The molecule has 16 heavy (non-hydrogen) atoms. The average molecular weight is 238 g/mol. The van der Waals surface area contributed by atoms with Crippen molar-refractivity contribution in [2.45, 2.75) is 0 Å². The largest absolute Gasteiger partial charge is 0.351 e. The van der Waals surface area contributed by atoms with Gasteiger partial charge in [0, 0.05) is 0 Å². The quantitative estimate of drug-likeness (QED) is 0.435. The van der Waals surface area contributed by atoms with Gasteiger partial charge in [0.15, 0.2) is 0 Å². The standard InChI is InChI=1S/C9H8ClN5O/c10-6-3-5(4-11)1-2-7(6)14-8(12)15-9(13)16/h1-3H,(H5,12,13,14,15,16). The third-order valence-corrected chi connectivity index (χ3v) is 1.92. The molecule has 0 radical (unpaired) electrons. The van der Waals surface area contributed by atoms with Gasteiger partial charge in [-0.2, -0.15) is 5.26 Å². The molecule has 0 fully saturated rings. The summed E-state index contributed by atoms with van der Waals surface area (Å²) in [5.74, 6) is -0.292. The summed E-state index contributed by atoms with van der Waals surface area (Å²) in [6, 6.07) is 5.59. The van der Waals surface area contributed by atoms with E-state index in [1.807, 2.05) is 11.4 Å². The molecule has 0 atom stereocenters. The number of nitrogens with two attached hydrogens (primary N) is 1. The van der Waals surface area contributed by atoms with Gasteiger partial charge in [0.25, 0.3) is 0 Å². The number of nitrogens with one attached hydrogen (secondary N) is 3. The smallest absolute Gasteiger partial charge is 0.318 e. The van der Waals surface area contributed by atoms with Crippen molar-refractivity contribution < 1.29 is 4.79 Å². The molecule has 6 nitrogen and oxygen atoms in total. The Hall–Kier alpha value is -2.26. The van der Waals surface area contributed by atoms with Crippen LogP contribution in [0.2, 0.25) is 5.02 Å². The molecule has 1 aromatic carbocycles. The Morgan fingerprint density at radius 2 is 2.25 bits per heavy atom. The van der Waals surface area contributed by atoms with Crippen LogP contribution in [0.15, 0.2) is 18.2 Å². The number of nitrogens with zero attached hydrogens (tertiary/aromatic N) is 1. The molecule has 82 valence electrons. The average Bonchev–Trinajstić information content (AvgIpc) is 2.19. The first-order chi connectivity index (χ1) is 7.52. The van der Waals surface area contributed by atoms with Gasteiger partial charge in [-0.05, 0) is 18.2 Å². The van der Waals surface area contributed by atoms with Gasteiger partial charge >= 0.3 is 6.03 Å². The van der Waals surface area contributed by atoms with Crippen LogP contribution in [0.5, 0.6) is 0 Å². The summed E-state index contributed by atoms with van der Waals surface area (Å²) in [5, 5.41) is 20.7. The minimum Gasteiger partial charge on any atom is -0.351 e. The molecule has 1 rings (SSSR count). The third-order valence-electron chi connectivity index (χ3n) is 1.61. The van der Waals surface area contributed by atoms with E-state index in [1.54, 1.807) is 0 Å². The van der Waals surface area contributed by atoms with Crippen molar-refractivity contribution in [1.82, 2.24) is 5.32 Å². The van der Waals surface area contributed by atoms with Gasteiger partial charge in [0.05, 0.1) is 22.3 Å². The molecule has 5 N–H and O–H groups in total. The first-order valence-electron chi connectivity index (χ1n) is 4.14. The number of carbonyl (C=O) groups is 1. The van der Waals surface area contributed by atoms with Gasteiger partial charge in [-0.3, -0.25) is 10.7 Å². The van der Waals surface area contributed by atoms with Crippen molar-refractivity contribution in [2.24, 2.45) is 5.73 Å². The summed E-state index contributed by atoms with van der Waals surface area (Å²) in [7, 11) is 0. The van der Waals surface area contributed by atoms with Gasteiger partial charge in [-0.25, -0.2) is 4.79 Å². The van der Waals surface area contributed by atoms with E-state index in [1.165, 1.54) is 18.2 Å². The number of carbonyl (C=O) groups excluding carboxylic acids is 1. The number of hydrogen-bond donors (Lipinski definition) is 4. The van der Waals surface area contributed by atoms with E-state index in [2.05, 4.69) is 5.32 Å². The van der Waals surface area contributed by atoms with Crippen molar-refractivity contribution in [1.29, 1.82) is 10.7 Å². The van der Waals surface area contributed by atoms with Crippen LogP contribution in [0.1, 0.15) is 5.56 Å². The van der Waals surface area contributed by atoms with Crippen LogP contribution in [0.25, 0.3) is 0 Å². The maximum Gasteiger partial charge on any atom is 0.318 e. The topological polar surface area (TPSA) is 115 Å². The molecule has 0 spiro atoms. The summed E-state index contributed by atoms with van der Waals surface area (Å²) in [6.07, 6.45) is 0. The normalized spacial score (nSPS) is 9.00. The molecule has 0 heterocycles. The van der Waals surface area contributed by atoms with Gasteiger partial charge in [-0.15, -0.1) is 0 Å². The van der Waals surface area contributed by atoms with E-state index < -0.39 is 6.03 Å². The number of hydrogen-bond acceptors (Lipinski definition) is 3. The SMILES string of the molecule is N#Cc1ccc(NC(=N)NC(N)=O)c(Cl)c1. The van der Waals surface area contributed by atoms with Crippen LogP contribution >= 0.6 is 11.6 Å². The summed E-state index contributed by atoms with van der Waals surface area (Å²) < 4.78 is 0. The number of urea groups is 1. The van der Waals surface area contributed by atoms with Gasteiger partial charge < -0.3 is 11.1 Å². The third kappa shape index (κ3) is 3.15. The predicted molar refractivity (Wildman–Crippen MR) is 60.2 cm³/mol. The Balaban J connectivity index is 2.79. The molecule has 0 bridgehead atoms. The number of rotatable bonds is 1. The highest BCUT2D eigenvalue weighted by Gasteiger charge is 2.05. The minimum atomic E-state index is -0.845. The highest BCUT2D eigenvalue weighted by atomic mass is 35.5. The Labute approximate surface area is 96.5 Å². The molecule has 0 aliphatic carbocycles. The number of nitriles is 1. The summed E-state index contributed by atoms with van der Waals surface area (Å²) in [5.41, 5.74) is 5.63. The lowest BCUT2D eigenvalue weighted by molar-refractivity contribution is 0.253. The molecular weight excluding hydrogens is 230 g/mol. The van der Waals surface area contributed by atoms with Crippen molar-refractivity contribution in [2.75, 3.05) is 5.32 Å². The molecule has 1 aromatic rings. The Bertz CT molecular complexity index is 479. The highest BCUT2D eigenvalue weighted by Crippen LogP contribution is 2.22. The highest BCUT2D eigenvalue weighted by molar-refractivity contribution is 6.33. The maximum absolute atomic E-state index is 10.4. The van der Waals surface area contributed by atoms with Crippen molar-refractivity contribution in [3.8, 4) is 6.07 Å². The second-order valence-electron chi connectivity index (χ2n) is 2.80. The van der Waals surface area contributed by atoms with E-state index in [9.17, 15) is 4.79 Å². The fourth-order valence-electron chi connectivity index (χ4n) is 0.975. The predicted octanol–water partition coefficient (Wildman–Crippen LogP) is 1.23. The van der Waals surface area contributed by atoms with Crippen LogP contribution in [0.3, 0.4) is 0 Å². The maximum atomic E-state index is 10.4. The Kier molecular flexibility index (Phi) is 3.69. The summed E-state index contributed by atoms with van der Waals surface area (Å²) in [6.45, 7) is 0. The van der Waals surface area contributed by atoms with Crippen molar-refractivity contribution in [3.63, 3.8) is 0 Å². The molecule has 0 aromatic heterocycles. The van der Waals surface area contributed by atoms with Gasteiger partial charge in [0.1, 0.15) is 0 Å². The van der Waals surface area contributed by atoms with Crippen LogP contribution in [0.4, 0.5) is 10.5 Å². The molecule has 0 aliphatic rings. The van der Waals surface area contributed by atoms with Crippen LogP contribution < -0.4 is 16.4 Å². The zero-order valence-corrected chi connectivity index (χ0v) is 8.80. The van der Waals surface area contributed by atoms with Gasteiger partial charge in [0.2, 0.25) is 5.96 Å². The van der Waals surface area contributed by atoms with Crippen LogP contribution in [0, 0.1) is 16.7 Å². The zero-order valence-electron chi connectivity index (χ0n) is 8.04. The monoisotopic (exact) mass is 237 g/mol. The zero-order chi connectivity index (χ0) is 12.1. The summed E-state index contributed by atoms with van der Waals surface area (Å²) in [4.78, 5) is 10.4. The van der Waals surface area contributed by atoms with Crippen molar-refractivity contribution in [3.05, 3.63) is 28.8 Å². The number of anilines is 1. The van der Waals surface area contributed by atoms with E-state index in [4.69, 9.17) is 28.0 Å². The lowest BCUT2D eigenvalue weighted by Gasteiger charge is -2.09. The molecular formula is C9H8ClN5O. The fourth-order valence-corrected chi connectivity index (χ4v) is 1.20. The van der Waals surface area contributed by atoms with E-state index >= 15 is 0 Å². The number of amides is 2. The lowest BCUT2D eigenvalue weighted by atomic mass is 10.2. The van der Waals surface area contributed by atoms with E-state index in [0.29, 0.717) is 11.3 Å². The molecule has 7 heteroatoms. The first kappa shape index (κ1) is 11.8. The fraction of sp³-hybridized carbons (Fsp3) is 0. The van der Waals surface area contributed by atoms with E-state index in [0.717, 1.165) is 0 Å².